The quantitative estimate of drug-likeness (QED) is 0.363. The molecule has 9 nitrogen and oxygen atoms in total. The van der Waals surface area contributed by atoms with E-state index in [1.54, 1.807) is 12.1 Å². The third-order valence-electron chi connectivity index (χ3n) is 3.73. The van der Waals surface area contributed by atoms with Crippen LogP contribution >= 0.6 is 23.1 Å². The molecule has 1 aromatic heterocycles. The molecule has 12 heteroatoms. The molecule has 2 rings (SSSR count). The highest BCUT2D eigenvalue weighted by Crippen LogP contribution is 2.27. The number of methoxy groups -OCH3 is 1. The molecule has 0 unspecified atom stereocenters. The van der Waals surface area contributed by atoms with Gasteiger partial charge < -0.3 is 4.74 Å². The number of benzene rings is 1. The molecular formula is C17H22N4O5S3. The Labute approximate surface area is 177 Å². The zero-order valence-electron chi connectivity index (χ0n) is 16.6. The lowest BCUT2D eigenvalue weighted by Gasteiger charge is -2.28. The van der Waals surface area contributed by atoms with Crippen molar-refractivity contribution < 1.29 is 22.7 Å². The summed E-state index contributed by atoms with van der Waals surface area (Å²) in [7, 11) is -2.43. The Bertz CT molecular complexity index is 986. The Morgan fingerprint density at radius 3 is 2.41 bits per heavy atom. The van der Waals surface area contributed by atoms with Gasteiger partial charge in [-0.25, -0.2) is 8.42 Å². The number of ether oxygens (including phenoxy) is 1. The van der Waals surface area contributed by atoms with E-state index in [4.69, 9.17) is 0 Å². The van der Waals surface area contributed by atoms with Crippen LogP contribution in [0.15, 0.2) is 22.5 Å². The van der Waals surface area contributed by atoms with Crippen molar-refractivity contribution in [2.24, 2.45) is 0 Å². The number of carbonyl (C=O) groups excluding carboxylic acids is 2. The number of anilines is 2. The third kappa shape index (κ3) is 6.41. The fraction of sp³-hybridized carbons (Fsp3) is 0.412. The van der Waals surface area contributed by atoms with Crippen molar-refractivity contribution in [2.75, 3.05) is 28.7 Å². The first-order valence-electron chi connectivity index (χ1n) is 8.43. The number of aryl methyl sites for hydroxylation is 2. The lowest BCUT2D eigenvalue weighted by Crippen LogP contribution is -2.45. The van der Waals surface area contributed by atoms with Crippen LogP contribution in [0.1, 0.15) is 18.1 Å². The van der Waals surface area contributed by atoms with Crippen molar-refractivity contribution in [3.8, 4) is 0 Å². The molecule has 2 aromatic rings. The highest BCUT2D eigenvalue weighted by atomic mass is 32.2. The molecule has 0 bridgehead atoms. The smallest absolute Gasteiger partial charge is 0.316 e. The van der Waals surface area contributed by atoms with Crippen LogP contribution in [0.5, 0.6) is 0 Å². The number of esters is 1. The van der Waals surface area contributed by atoms with Crippen LogP contribution in [0.4, 0.5) is 10.8 Å². The van der Waals surface area contributed by atoms with Crippen LogP contribution in [0.2, 0.25) is 0 Å². The Kier molecular flexibility index (Phi) is 7.60. The van der Waals surface area contributed by atoms with Gasteiger partial charge in [0, 0.05) is 0 Å². The lowest BCUT2D eigenvalue weighted by molar-refractivity contribution is -0.137. The van der Waals surface area contributed by atoms with E-state index in [9.17, 15) is 18.0 Å². The second kappa shape index (κ2) is 9.55. The van der Waals surface area contributed by atoms with Gasteiger partial charge in [-0.2, -0.15) is 0 Å². The molecule has 0 saturated carbocycles. The maximum Gasteiger partial charge on any atom is 0.316 e. The minimum Gasteiger partial charge on any atom is -0.468 e. The maximum absolute atomic E-state index is 12.7. The van der Waals surface area contributed by atoms with Crippen molar-refractivity contribution in [1.82, 2.24) is 10.2 Å². The van der Waals surface area contributed by atoms with E-state index in [0.29, 0.717) is 10.0 Å². The topological polar surface area (TPSA) is 119 Å². The normalized spacial score (nSPS) is 12.3. The number of thioether (sulfide) groups is 1. The fourth-order valence-electron chi connectivity index (χ4n) is 2.59. The van der Waals surface area contributed by atoms with Crippen molar-refractivity contribution in [2.45, 2.75) is 31.2 Å². The molecule has 0 saturated heterocycles. The van der Waals surface area contributed by atoms with E-state index >= 15 is 0 Å². The number of rotatable bonds is 8. The van der Waals surface area contributed by atoms with Crippen molar-refractivity contribution in [1.29, 1.82) is 0 Å². The average molecular weight is 459 g/mol. The van der Waals surface area contributed by atoms with E-state index in [-0.39, 0.29) is 10.9 Å². The summed E-state index contributed by atoms with van der Waals surface area (Å²) in [4.78, 5) is 23.9. The second-order valence-electron chi connectivity index (χ2n) is 6.31. The van der Waals surface area contributed by atoms with Gasteiger partial charge in [0.25, 0.3) is 0 Å². The van der Waals surface area contributed by atoms with Gasteiger partial charge in [0.1, 0.15) is 6.04 Å². The van der Waals surface area contributed by atoms with Gasteiger partial charge in [-0.05, 0) is 44.0 Å². The summed E-state index contributed by atoms with van der Waals surface area (Å²) >= 11 is 2.22. The molecule has 0 radical (unpaired) electrons. The molecule has 1 heterocycles. The van der Waals surface area contributed by atoms with Crippen LogP contribution < -0.4 is 9.62 Å². The first-order chi connectivity index (χ1) is 13.5. The number of hydrogen-bond donors (Lipinski definition) is 1. The van der Waals surface area contributed by atoms with Crippen LogP contribution in [0, 0.1) is 13.8 Å². The summed E-state index contributed by atoms with van der Waals surface area (Å²) in [6.07, 6.45) is 1.06. The molecule has 1 aromatic carbocycles. The number of sulfonamides is 1. The second-order valence-corrected chi connectivity index (χ2v) is 10.4. The first kappa shape index (κ1) is 23.1. The predicted octanol–water partition coefficient (Wildman–Crippen LogP) is 2.21. The number of carbonyl (C=O) groups is 2. The van der Waals surface area contributed by atoms with E-state index in [1.165, 1.54) is 14.0 Å². The maximum atomic E-state index is 12.7. The minimum absolute atomic E-state index is 0.0735. The Balaban J connectivity index is 2.18. The van der Waals surface area contributed by atoms with Crippen molar-refractivity contribution in [3.63, 3.8) is 0 Å². The van der Waals surface area contributed by atoms with Gasteiger partial charge >= 0.3 is 5.97 Å². The molecule has 0 spiro atoms. The van der Waals surface area contributed by atoms with Gasteiger partial charge in [-0.3, -0.25) is 19.2 Å². The zero-order valence-corrected chi connectivity index (χ0v) is 19.1. The molecule has 0 fully saturated rings. The van der Waals surface area contributed by atoms with Crippen LogP contribution in [0.3, 0.4) is 0 Å². The summed E-state index contributed by atoms with van der Waals surface area (Å²) in [5.41, 5.74) is 2.19. The summed E-state index contributed by atoms with van der Waals surface area (Å²) in [5, 5.41) is 10.5. The van der Waals surface area contributed by atoms with Crippen LogP contribution in [-0.4, -0.2) is 55.7 Å². The Morgan fingerprint density at radius 1 is 1.24 bits per heavy atom. The van der Waals surface area contributed by atoms with Gasteiger partial charge in [0.2, 0.25) is 21.1 Å². The van der Waals surface area contributed by atoms with Gasteiger partial charge in [0.05, 0.1) is 24.8 Å². The lowest BCUT2D eigenvalue weighted by atomic mass is 10.1. The highest BCUT2D eigenvalue weighted by molar-refractivity contribution is 8.01. The van der Waals surface area contributed by atoms with E-state index in [1.807, 2.05) is 19.9 Å². The first-order valence-corrected chi connectivity index (χ1v) is 12.1. The zero-order chi connectivity index (χ0) is 21.8. The number of hydrogen-bond acceptors (Lipinski definition) is 9. The average Bonchev–Trinajstić information content (AvgIpc) is 3.05. The number of aromatic nitrogens is 2. The minimum atomic E-state index is -3.72. The Hall–Kier alpha value is -2.18. The van der Waals surface area contributed by atoms with Crippen LogP contribution in [0.25, 0.3) is 0 Å². The van der Waals surface area contributed by atoms with E-state index in [0.717, 1.165) is 44.8 Å². The summed E-state index contributed by atoms with van der Waals surface area (Å²) in [6, 6.07) is 4.33. The van der Waals surface area contributed by atoms with Crippen molar-refractivity contribution >= 4 is 55.8 Å². The molecule has 158 valence electrons. The molecule has 1 N–H and O–H groups in total. The number of nitrogens with zero attached hydrogens (tertiary/aromatic N) is 3. The molecule has 29 heavy (non-hydrogen) atoms. The van der Waals surface area contributed by atoms with Gasteiger partial charge in [-0.15, -0.1) is 10.2 Å². The van der Waals surface area contributed by atoms with Gasteiger partial charge in [-0.1, -0.05) is 29.2 Å². The largest absolute Gasteiger partial charge is 0.468 e. The molecule has 1 atom stereocenters. The third-order valence-corrected chi connectivity index (χ3v) is 6.91. The Morgan fingerprint density at radius 2 is 1.86 bits per heavy atom. The number of amides is 1. The molecule has 0 aliphatic heterocycles. The monoisotopic (exact) mass is 458 g/mol. The summed E-state index contributed by atoms with van der Waals surface area (Å²) in [6.45, 7) is 5.22. The highest BCUT2D eigenvalue weighted by Gasteiger charge is 2.30. The van der Waals surface area contributed by atoms with Gasteiger partial charge in [0.15, 0.2) is 4.34 Å². The summed E-state index contributed by atoms with van der Waals surface area (Å²) in [5.74, 6) is -0.874. The number of nitrogens with one attached hydrogen (secondary N) is 1. The van der Waals surface area contributed by atoms with E-state index < -0.39 is 27.9 Å². The molecule has 0 aliphatic carbocycles. The van der Waals surface area contributed by atoms with Crippen molar-refractivity contribution in [3.05, 3.63) is 29.3 Å². The fourth-order valence-corrected chi connectivity index (χ4v) is 5.34. The predicted molar refractivity (Wildman–Crippen MR) is 114 cm³/mol. The van der Waals surface area contributed by atoms with Crippen LogP contribution in [-0.2, 0) is 24.3 Å². The molecule has 0 aliphatic rings. The summed E-state index contributed by atoms with van der Waals surface area (Å²) < 4.78 is 30.9. The molecule has 1 amide bonds. The SMILES string of the molecule is COC(=O)CSc1nnc(NC(=O)[C@H](C)N(c2cc(C)cc(C)c2)S(C)(=O)=O)s1. The molecular weight excluding hydrogens is 436 g/mol. The standard InChI is InChI=1S/C17H22N4O5S3/c1-10-6-11(2)8-13(7-10)21(29(5,24)25)12(3)15(23)18-16-19-20-17(28-16)27-9-14(22)26-4/h6-8,12H,9H2,1-5H3,(H,18,19,23)/t12-/m0/s1. The van der Waals surface area contributed by atoms with E-state index in [2.05, 4.69) is 20.3 Å².